The van der Waals surface area contributed by atoms with Crippen molar-refractivity contribution in [3.63, 3.8) is 0 Å². The Balaban J connectivity index is 2.82. The predicted octanol–water partition coefficient (Wildman–Crippen LogP) is 2.35. The molecule has 0 aromatic heterocycles. The summed E-state index contributed by atoms with van der Waals surface area (Å²) in [5.74, 6) is -0.969. The molecule has 0 aliphatic heterocycles. The van der Waals surface area contributed by atoms with E-state index in [4.69, 9.17) is 10.3 Å². The third kappa shape index (κ3) is 1.61. The van der Waals surface area contributed by atoms with E-state index >= 15 is 0 Å². The van der Waals surface area contributed by atoms with Gasteiger partial charge in [0.05, 0.1) is 11.8 Å². The minimum absolute atomic E-state index is 0.241. The van der Waals surface area contributed by atoms with Crippen molar-refractivity contribution in [1.29, 1.82) is 0 Å². The minimum Gasteiger partial charge on any atom is -0.478 e. The fraction of sp³-hybridized carbons (Fsp3) is 0. The number of carboxylic acid groups (broad SMARTS) is 1. The van der Waals surface area contributed by atoms with Crippen molar-refractivity contribution in [2.24, 2.45) is 5.16 Å². The van der Waals surface area contributed by atoms with Crippen molar-refractivity contribution in [2.75, 3.05) is 0 Å². The molecule has 0 aliphatic rings. The quantitative estimate of drug-likeness (QED) is 0.459. The van der Waals surface area contributed by atoms with Crippen LogP contribution in [0.5, 0.6) is 0 Å². The Hall–Kier alpha value is -2.36. The topological polar surface area (TPSA) is 69.9 Å². The Bertz CT molecular complexity index is 575. The van der Waals surface area contributed by atoms with Crippen LogP contribution in [0.4, 0.5) is 0 Å². The molecule has 2 aromatic rings. The fourth-order valence-electron chi connectivity index (χ4n) is 1.68. The summed E-state index contributed by atoms with van der Waals surface area (Å²) < 4.78 is 0. The minimum atomic E-state index is -0.969. The van der Waals surface area contributed by atoms with E-state index in [1.807, 2.05) is 6.07 Å². The number of hydrogen-bond acceptors (Lipinski definition) is 3. The van der Waals surface area contributed by atoms with Gasteiger partial charge in [0.25, 0.3) is 0 Å². The van der Waals surface area contributed by atoms with Gasteiger partial charge in [-0.3, -0.25) is 0 Å². The molecule has 2 aromatic carbocycles. The highest BCUT2D eigenvalue weighted by Crippen LogP contribution is 2.21. The highest BCUT2D eigenvalue weighted by molar-refractivity contribution is 6.09. The van der Waals surface area contributed by atoms with Crippen LogP contribution in [0.2, 0.25) is 0 Å². The molecule has 0 heterocycles. The number of oxime groups is 1. The first-order valence-corrected chi connectivity index (χ1v) is 4.66. The molecular weight excluding hydrogens is 206 g/mol. The molecule has 0 aliphatic carbocycles. The van der Waals surface area contributed by atoms with Gasteiger partial charge >= 0.3 is 5.97 Å². The highest BCUT2D eigenvalue weighted by atomic mass is 16.4. The molecule has 2 N–H and O–H groups in total. The molecule has 2 rings (SSSR count). The van der Waals surface area contributed by atoms with Gasteiger partial charge in [-0.15, -0.1) is 0 Å². The SMILES string of the molecule is O=C(O)c1ccc(C=NO)c2ccccc12. The summed E-state index contributed by atoms with van der Waals surface area (Å²) in [6.45, 7) is 0. The van der Waals surface area contributed by atoms with E-state index in [2.05, 4.69) is 5.16 Å². The number of aromatic carboxylic acids is 1. The zero-order valence-electron chi connectivity index (χ0n) is 8.29. The van der Waals surface area contributed by atoms with Crippen molar-refractivity contribution in [3.05, 3.63) is 47.5 Å². The highest BCUT2D eigenvalue weighted by Gasteiger charge is 2.09. The number of carbonyl (C=O) groups is 1. The molecule has 0 unspecified atom stereocenters. The summed E-state index contributed by atoms with van der Waals surface area (Å²) >= 11 is 0. The van der Waals surface area contributed by atoms with E-state index in [1.165, 1.54) is 12.3 Å². The Morgan fingerprint density at radius 2 is 1.81 bits per heavy atom. The molecule has 0 atom stereocenters. The zero-order chi connectivity index (χ0) is 11.5. The molecule has 4 heteroatoms. The lowest BCUT2D eigenvalue weighted by atomic mass is 10.0. The number of benzene rings is 2. The normalized spacial score (nSPS) is 11.0. The van der Waals surface area contributed by atoms with Crippen molar-refractivity contribution in [2.45, 2.75) is 0 Å². The summed E-state index contributed by atoms with van der Waals surface area (Å²) in [6.07, 6.45) is 1.29. The van der Waals surface area contributed by atoms with Crippen LogP contribution >= 0.6 is 0 Å². The van der Waals surface area contributed by atoms with Crippen LogP contribution in [0.1, 0.15) is 15.9 Å². The van der Waals surface area contributed by atoms with Gasteiger partial charge in [0.1, 0.15) is 0 Å². The monoisotopic (exact) mass is 215 g/mol. The Morgan fingerprint density at radius 3 is 2.44 bits per heavy atom. The molecule has 0 saturated heterocycles. The summed E-state index contributed by atoms with van der Waals surface area (Å²) in [5.41, 5.74) is 0.925. The van der Waals surface area contributed by atoms with Gasteiger partial charge < -0.3 is 10.3 Å². The van der Waals surface area contributed by atoms with Gasteiger partial charge in [0.15, 0.2) is 0 Å². The second-order valence-electron chi connectivity index (χ2n) is 3.30. The van der Waals surface area contributed by atoms with Gasteiger partial charge in [-0.1, -0.05) is 35.5 Å². The van der Waals surface area contributed by atoms with Crippen molar-refractivity contribution >= 4 is 23.0 Å². The molecule has 0 bridgehead atoms. The molecule has 4 nitrogen and oxygen atoms in total. The lowest BCUT2D eigenvalue weighted by Crippen LogP contribution is -1.98. The lowest BCUT2D eigenvalue weighted by Gasteiger charge is -2.04. The van der Waals surface area contributed by atoms with Gasteiger partial charge in [-0.25, -0.2) is 4.79 Å². The first kappa shape index (κ1) is 10.2. The number of carboxylic acids is 1. The first-order valence-electron chi connectivity index (χ1n) is 4.66. The largest absolute Gasteiger partial charge is 0.478 e. The van der Waals surface area contributed by atoms with Crippen LogP contribution < -0.4 is 0 Å². The first-order chi connectivity index (χ1) is 7.74. The van der Waals surface area contributed by atoms with Gasteiger partial charge in [-0.05, 0) is 16.8 Å². The van der Waals surface area contributed by atoms with Crippen LogP contribution in [-0.4, -0.2) is 22.5 Å². The lowest BCUT2D eigenvalue weighted by molar-refractivity contribution is 0.0699. The van der Waals surface area contributed by atoms with Crippen molar-refractivity contribution < 1.29 is 15.1 Å². The predicted molar refractivity (Wildman–Crippen MR) is 60.3 cm³/mol. The molecule has 0 radical (unpaired) electrons. The molecule has 0 fully saturated rings. The van der Waals surface area contributed by atoms with Crippen LogP contribution in [0.25, 0.3) is 10.8 Å². The van der Waals surface area contributed by atoms with E-state index in [-0.39, 0.29) is 5.56 Å². The number of hydrogen-bond donors (Lipinski definition) is 2. The maximum Gasteiger partial charge on any atom is 0.336 e. The van der Waals surface area contributed by atoms with Crippen molar-refractivity contribution in [3.8, 4) is 0 Å². The number of fused-ring (bicyclic) bond motifs is 1. The number of nitrogens with zero attached hydrogens (tertiary/aromatic N) is 1. The van der Waals surface area contributed by atoms with Gasteiger partial charge in [-0.2, -0.15) is 0 Å². The average Bonchev–Trinajstić information content (AvgIpc) is 2.29. The van der Waals surface area contributed by atoms with Crippen LogP contribution in [-0.2, 0) is 0 Å². The molecule has 0 amide bonds. The van der Waals surface area contributed by atoms with E-state index in [1.54, 1.807) is 24.3 Å². The second kappa shape index (κ2) is 4.02. The summed E-state index contributed by atoms with van der Waals surface area (Å²) in [7, 11) is 0. The molecule has 80 valence electrons. The zero-order valence-corrected chi connectivity index (χ0v) is 8.29. The average molecular weight is 215 g/mol. The maximum atomic E-state index is 11.0. The third-order valence-electron chi connectivity index (χ3n) is 2.39. The smallest absolute Gasteiger partial charge is 0.336 e. The standard InChI is InChI=1S/C12H9NO3/c14-12(15)11-6-5-8(7-13-16)9-3-1-2-4-10(9)11/h1-7,16H,(H,14,15). The Labute approximate surface area is 91.4 Å². The third-order valence-corrected chi connectivity index (χ3v) is 2.39. The molecule has 0 saturated carbocycles. The van der Waals surface area contributed by atoms with Gasteiger partial charge in [0.2, 0.25) is 0 Å². The summed E-state index contributed by atoms with van der Waals surface area (Å²) in [6, 6.07) is 10.2. The van der Waals surface area contributed by atoms with E-state index < -0.39 is 5.97 Å². The fourth-order valence-corrected chi connectivity index (χ4v) is 1.68. The summed E-state index contributed by atoms with van der Waals surface area (Å²) in [4.78, 5) is 11.0. The Morgan fingerprint density at radius 1 is 1.12 bits per heavy atom. The Kier molecular flexibility index (Phi) is 2.55. The van der Waals surface area contributed by atoms with Crippen LogP contribution in [0.15, 0.2) is 41.6 Å². The van der Waals surface area contributed by atoms with Crippen LogP contribution in [0.3, 0.4) is 0 Å². The second-order valence-corrected chi connectivity index (χ2v) is 3.30. The molecular formula is C12H9NO3. The van der Waals surface area contributed by atoms with Crippen LogP contribution in [0, 0.1) is 0 Å². The van der Waals surface area contributed by atoms with E-state index in [0.717, 1.165) is 5.39 Å². The van der Waals surface area contributed by atoms with Crippen molar-refractivity contribution in [1.82, 2.24) is 0 Å². The maximum absolute atomic E-state index is 11.0. The van der Waals surface area contributed by atoms with E-state index in [0.29, 0.717) is 10.9 Å². The molecule has 0 spiro atoms. The number of rotatable bonds is 2. The van der Waals surface area contributed by atoms with Gasteiger partial charge in [0, 0.05) is 5.56 Å². The van der Waals surface area contributed by atoms with E-state index in [9.17, 15) is 4.79 Å². The summed E-state index contributed by atoms with van der Waals surface area (Å²) in [5, 5.41) is 21.9. The molecule has 16 heavy (non-hydrogen) atoms.